The topological polar surface area (TPSA) is 92.8 Å². The van der Waals surface area contributed by atoms with Crippen molar-refractivity contribution in [3.63, 3.8) is 0 Å². The van der Waals surface area contributed by atoms with Crippen LogP contribution in [0.3, 0.4) is 0 Å². The van der Waals surface area contributed by atoms with Gasteiger partial charge >= 0.3 is 5.97 Å². The predicted molar refractivity (Wildman–Crippen MR) is 93.9 cm³/mol. The van der Waals surface area contributed by atoms with Gasteiger partial charge in [0.15, 0.2) is 9.84 Å². The van der Waals surface area contributed by atoms with E-state index in [1.54, 1.807) is 43.1 Å². The number of carbonyl (C=O) groups excluding carboxylic acids is 2. The minimum Gasteiger partial charge on any atom is -0.462 e. The molecule has 0 aromatic heterocycles. The van der Waals surface area contributed by atoms with Crippen LogP contribution in [0.15, 0.2) is 24.3 Å². The molecule has 1 aliphatic heterocycles. The summed E-state index contributed by atoms with van der Waals surface area (Å²) in [7, 11) is -1.19. The van der Waals surface area contributed by atoms with Gasteiger partial charge in [0.2, 0.25) is 5.91 Å². The molecule has 0 aliphatic carbocycles. The number of sulfone groups is 1. The molecule has 1 aromatic rings. The van der Waals surface area contributed by atoms with Crippen LogP contribution in [-0.2, 0) is 25.9 Å². The summed E-state index contributed by atoms with van der Waals surface area (Å²) in [5, 5.41) is 2.80. The maximum Gasteiger partial charge on any atom is 0.338 e. The molecule has 7 nitrogen and oxygen atoms in total. The van der Waals surface area contributed by atoms with Gasteiger partial charge < -0.3 is 10.1 Å². The molecule has 0 bridgehead atoms. The molecule has 1 amide bonds. The largest absolute Gasteiger partial charge is 0.462 e. The van der Waals surface area contributed by atoms with Crippen molar-refractivity contribution in [2.24, 2.45) is 0 Å². The number of esters is 1. The van der Waals surface area contributed by atoms with Gasteiger partial charge in [-0.25, -0.2) is 13.2 Å². The van der Waals surface area contributed by atoms with E-state index in [-0.39, 0.29) is 36.0 Å². The zero-order chi connectivity index (χ0) is 18.4. The monoisotopic (exact) mass is 368 g/mol. The molecular weight excluding hydrogens is 344 g/mol. The average molecular weight is 368 g/mol. The molecule has 1 aromatic carbocycles. The van der Waals surface area contributed by atoms with Crippen LogP contribution in [0.25, 0.3) is 0 Å². The summed E-state index contributed by atoms with van der Waals surface area (Å²) in [5.41, 5.74) is 1.34. The number of hydrogen-bond donors (Lipinski definition) is 1. The lowest BCUT2D eigenvalue weighted by Crippen LogP contribution is -2.41. The predicted octanol–water partition coefficient (Wildman–Crippen LogP) is 0.598. The second kappa shape index (κ2) is 8.44. The summed E-state index contributed by atoms with van der Waals surface area (Å²) < 4.78 is 27.9. The molecule has 1 aliphatic rings. The molecular formula is C17H24N2O5S. The highest BCUT2D eigenvalue weighted by molar-refractivity contribution is 7.91. The zero-order valence-electron chi connectivity index (χ0n) is 14.5. The van der Waals surface area contributed by atoms with Crippen LogP contribution in [0.4, 0.5) is 0 Å². The number of ether oxygens (including phenoxy) is 1. The number of benzene rings is 1. The van der Waals surface area contributed by atoms with E-state index in [2.05, 4.69) is 5.32 Å². The molecule has 1 heterocycles. The smallest absolute Gasteiger partial charge is 0.338 e. The van der Waals surface area contributed by atoms with Gasteiger partial charge in [0.25, 0.3) is 0 Å². The number of rotatable bonds is 7. The Hall–Kier alpha value is -1.93. The van der Waals surface area contributed by atoms with Crippen LogP contribution in [0.1, 0.15) is 29.3 Å². The summed E-state index contributed by atoms with van der Waals surface area (Å²) in [5.74, 6) is -0.227. The second-order valence-electron chi connectivity index (χ2n) is 6.17. The van der Waals surface area contributed by atoms with Gasteiger partial charge in [-0.3, -0.25) is 9.69 Å². The number of carbonyl (C=O) groups is 2. The number of nitrogens with zero attached hydrogens (tertiary/aromatic N) is 1. The van der Waals surface area contributed by atoms with E-state index >= 15 is 0 Å². The number of hydrogen-bond acceptors (Lipinski definition) is 6. The summed E-state index contributed by atoms with van der Waals surface area (Å²) in [6.45, 7) is 2.58. The van der Waals surface area contributed by atoms with E-state index in [1.165, 1.54) is 0 Å². The number of amides is 1. The van der Waals surface area contributed by atoms with Crippen molar-refractivity contribution in [3.8, 4) is 0 Å². The molecule has 1 saturated heterocycles. The van der Waals surface area contributed by atoms with Gasteiger partial charge in [-0.1, -0.05) is 12.1 Å². The van der Waals surface area contributed by atoms with Crippen LogP contribution in [0.5, 0.6) is 0 Å². The minimum atomic E-state index is -2.96. The first-order valence-electron chi connectivity index (χ1n) is 8.24. The van der Waals surface area contributed by atoms with Gasteiger partial charge in [0, 0.05) is 12.6 Å². The van der Waals surface area contributed by atoms with E-state index < -0.39 is 9.84 Å². The van der Waals surface area contributed by atoms with Gasteiger partial charge in [-0.2, -0.15) is 0 Å². The lowest BCUT2D eigenvalue weighted by atomic mass is 10.1. The summed E-state index contributed by atoms with van der Waals surface area (Å²) >= 11 is 0. The Morgan fingerprint density at radius 2 is 1.96 bits per heavy atom. The molecule has 2 rings (SSSR count). The second-order valence-corrected chi connectivity index (χ2v) is 8.39. The van der Waals surface area contributed by atoms with Gasteiger partial charge in [-0.05, 0) is 38.1 Å². The first kappa shape index (κ1) is 19.4. The van der Waals surface area contributed by atoms with E-state index in [4.69, 9.17) is 4.74 Å². The fraction of sp³-hybridized carbons (Fsp3) is 0.529. The van der Waals surface area contributed by atoms with Gasteiger partial charge in [-0.15, -0.1) is 0 Å². The third kappa shape index (κ3) is 5.82. The molecule has 8 heteroatoms. The third-order valence-corrected chi connectivity index (χ3v) is 5.93. The first-order chi connectivity index (χ1) is 11.8. The minimum absolute atomic E-state index is 0.0976. The van der Waals surface area contributed by atoms with E-state index in [0.29, 0.717) is 25.1 Å². The first-order valence-corrected chi connectivity index (χ1v) is 10.1. The van der Waals surface area contributed by atoms with Crippen LogP contribution in [-0.4, -0.2) is 62.9 Å². The van der Waals surface area contributed by atoms with Gasteiger partial charge in [0.05, 0.1) is 30.2 Å². The molecule has 1 fully saturated rings. The molecule has 1 atom stereocenters. The molecule has 1 N–H and O–H groups in total. The van der Waals surface area contributed by atoms with Crippen LogP contribution < -0.4 is 5.32 Å². The molecule has 0 radical (unpaired) electrons. The lowest BCUT2D eigenvalue weighted by Gasteiger charge is -2.22. The third-order valence-electron chi connectivity index (χ3n) is 4.18. The average Bonchev–Trinajstić information content (AvgIpc) is 2.94. The zero-order valence-corrected chi connectivity index (χ0v) is 15.3. The Balaban J connectivity index is 1.79. The standard InChI is InChI=1S/C17H24N2O5S/c1-3-24-17(21)14-6-4-13(5-7-14)10-18-16(20)11-19(2)15-8-9-25(22,23)12-15/h4-7,15H,3,8-12H2,1-2H3,(H,18,20). The normalized spacial score (nSPS) is 18.9. The molecule has 0 spiro atoms. The van der Waals surface area contributed by atoms with E-state index in [9.17, 15) is 18.0 Å². The Morgan fingerprint density at radius 3 is 2.52 bits per heavy atom. The summed E-state index contributed by atoms with van der Waals surface area (Å²) in [6.07, 6.45) is 0.571. The van der Waals surface area contributed by atoms with Crippen LogP contribution >= 0.6 is 0 Å². The van der Waals surface area contributed by atoms with Crippen molar-refractivity contribution in [1.29, 1.82) is 0 Å². The lowest BCUT2D eigenvalue weighted by molar-refractivity contribution is -0.122. The Kier molecular flexibility index (Phi) is 6.55. The highest BCUT2D eigenvalue weighted by Gasteiger charge is 2.31. The SMILES string of the molecule is CCOC(=O)c1ccc(CNC(=O)CN(C)C2CCS(=O)(=O)C2)cc1. The van der Waals surface area contributed by atoms with Crippen LogP contribution in [0.2, 0.25) is 0 Å². The maximum atomic E-state index is 12.0. The summed E-state index contributed by atoms with van der Waals surface area (Å²) in [4.78, 5) is 25.4. The van der Waals surface area contributed by atoms with Crippen molar-refractivity contribution in [3.05, 3.63) is 35.4 Å². The van der Waals surface area contributed by atoms with E-state index in [1.807, 2.05) is 0 Å². The van der Waals surface area contributed by atoms with Crippen molar-refractivity contribution < 1.29 is 22.7 Å². The van der Waals surface area contributed by atoms with Crippen molar-refractivity contribution in [1.82, 2.24) is 10.2 Å². The number of likely N-dealkylation sites (N-methyl/N-ethyl adjacent to an activating group) is 1. The summed E-state index contributed by atoms with van der Waals surface area (Å²) in [6, 6.07) is 6.75. The van der Waals surface area contributed by atoms with Crippen molar-refractivity contribution in [2.45, 2.75) is 25.9 Å². The van der Waals surface area contributed by atoms with E-state index in [0.717, 1.165) is 5.56 Å². The van der Waals surface area contributed by atoms with Crippen molar-refractivity contribution in [2.75, 3.05) is 31.7 Å². The fourth-order valence-corrected chi connectivity index (χ4v) is 4.51. The van der Waals surface area contributed by atoms with Gasteiger partial charge in [0.1, 0.15) is 0 Å². The Morgan fingerprint density at radius 1 is 1.28 bits per heavy atom. The molecule has 1 unspecified atom stereocenters. The molecule has 25 heavy (non-hydrogen) atoms. The molecule has 0 saturated carbocycles. The maximum absolute atomic E-state index is 12.0. The molecule has 138 valence electrons. The quantitative estimate of drug-likeness (QED) is 0.709. The fourth-order valence-electron chi connectivity index (χ4n) is 2.71. The Labute approximate surface area is 148 Å². The number of nitrogens with one attached hydrogen (secondary N) is 1. The van der Waals surface area contributed by atoms with Crippen molar-refractivity contribution >= 4 is 21.7 Å². The van der Waals surface area contributed by atoms with Crippen LogP contribution in [0, 0.1) is 0 Å². The highest BCUT2D eigenvalue weighted by atomic mass is 32.2. The highest BCUT2D eigenvalue weighted by Crippen LogP contribution is 2.16. The Bertz CT molecular complexity index is 715.